The second-order valence-corrected chi connectivity index (χ2v) is 6.05. The molecule has 0 aliphatic rings. The Hall–Kier alpha value is -2.21. The first kappa shape index (κ1) is 14.7. The normalized spacial score (nSPS) is 13.3. The maximum atomic E-state index is 12.4. The zero-order valence-corrected chi connectivity index (χ0v) is 13.4. The van der Waals surface area contributed by atoms with Crippen molar-refractivity contribution in [1.29, 1.82) is 0 Å². The monoisotopic (exact) mass is 299 g/mol. The molecule has 1 unspecified atom stereocenters. The van der Waals surface area contributed by atoms with Crippen LogP contribution in [0.1, 0.15) is 26.6 Å². The number of nitrogens with one attached hydrogen (secondary N) is 1. The van der Waals surface area contributed by atoms with Gasteiger partial charge in [0.15, 0.2) is 5.82 Å². The molecule has 0 aliphatic heterocycles. The number of aromatic nitrogens is 4. The lowest BCUT2D eigenvalue weighted by molar-refractivity contribution is 0.420. The molecule has 6 heteroatoms. The van der Waals surface area contributed by atoms with Gasteiger partial charge in [0, 0.05) is 13.1 Å². The third-order valence-electron chi connectivity index (χ3n) is 4.28. The van der Waals surface area contributed by atoms with E-state index in [1.54, 1.807) is 11.6 Å². The highest BCUT2D eigenvalue weighted by Gasteiger charge is 2.15. The Morgan fingerprint density at radius 3 is 2.64 bits per heavy atom. The average molecular weight is 299 g/mol. The predicted molar refractivity (Wildman–Crippen MR) is 86.9 cm³/mol. The van der Waals surface area contributed by atoms with Crippen molar-refractivity contribution >= 4 is 16.7 Å². The summed E-state index contributed by atoms with van der Waals surface area (Å²) in [6.45, 7) is 7.13. The highest BCUT2D eigenvalue weighted by Crippen LogP contribution is 2.14. The minimum absolute atomic E-state index is 0.0504. The first-order valence-electron chi connectivity index (χ1n) is 7.56. The summed E-state index contributed by atoms with van der Waals surface area (Å²) >= 11 is 0. The molecule has 0 saturated carbocycles. The molecule has 0 amide bonds. The lowest BCUT2D eigenvalue weighted by atomic mass is 10.1. The van der Waals surface area contributed by atoms with Crippen LogP contribution in [0.5, 0.6) is 0 Å². The zero-order chi connectivity index (χ0) is 15.9. The van der Waals surface area contributed by atoms with E-state index in [0.29, 0.717) is 29.7 Å². The van der Waals surface area contributed by atoms with Gasteiger partial charge < -0.3 is 5.32 Å². The zero-order valence-electron chi connectivity index (χ0n) is 13.4. The smallest absolute Gasteiger partial charge is 0.262 e. The Kier molecular flexibility index (Phi) is 3.70. The molecule has 1 atom stereocenters. The van der Waals surface area contributed by atoms with Gasteiger partial charge >= 0.3 is 0 Å². The van der Waals surface area contributed by atoms with Crippen LogP contribution in [0.3, 0.4) is 0 Å². The van der Waals surface area contributed by atoms with E-state index < -0.39 is 0 Å². The van der Waals surface area contributed by atoms with Crippen LogP contribution < -0.4 is 10.9 Å². The number of fused-ring (bicyclic) bond motifs is 3. The van der Waals surface area contributed by atoms with Crippen molar-refractivity contribution in [2.24, 2.45) is 13.0 Å². The minimum atomic E-state index is -0.0504. The predicted octanol–water partition coefficient (Wildman–Crippen LogP) is 1.72. The molecule has 3 aromatic rings. The molecular formula is C16H21N5O. The maximum Gasteiger partial charge on any atom is 0.262 e. The Balaban J connectivity index is 2.15. The van der Waals surface area contributed by atoms with Crippen molar-refractivity contribution in [3.8, 4) is 0 Å². The van der Waals surface area contributed by atoms with Crippen LogP contribution in [-0.2, 0) is 13.6 Å². The molecule has 0 bridgehead atoms. The molecule has 0 spiro atoms. The highest BCUT2D eigenvalue weighted by molar-refractivity contribution is 5.80. The van der Waals surface area contributed by atoms with Crippen LogP contribution in [-0.4, -0.2) is 25.2 Å². The van der Waals surface area contributed by atoms with E-state index in [-0.39, 0.29) is 5.56 Å². The van der Waals surface area contributed by atoms with Crippen molar-refractivity contribution in [1.82, 2.24) is 24.5 Å². The fourth-order valence-electron chi connectivity index (χ4n) is 2.49. The quantitative estimate of drug-likeness (QED) is 0.796. The van der Waals surface area contributed by atoms with Gasteiger partial charge in [-0.2, -0.15) is 0 Å². The Morgan fingerprint density at radius 1 is 1.18 bits per heavy atom. The second-order valence-electron chi connectivity index (χ2n) is 6.05. The Morgan fingerprint density at radius 2 is 1.91 bits per heavy atom. The largest absolute Gasteiger partial charge is 0.307 e. The van der Waals surface area contributed by atoms with Crippen molar-refractivity contribution in [2.45, 2.75) is 33.4 Å². The standard InChI is InChI=1S/C16H21N5O/c1-10(2)11(3)17-9-14-18-19-16-20(4)15(22)12-7-5-6-8-13(12)21(14)16/h5-8,10-11,17H,9H2,1-4H3. The highest BCUT2D eigenvalue weighted by atomic mass is 16.1. The van der Waals surface area contributed by atoms with Gasteiger partial charge in [-0.1, -0.05) is 26.0 Å². The number of para-hydroxylation sites is 1. The minimum Gasteiger partial charge on any atom is -0.307 e. The molecule has 1 N–H and O–H groups in total. The molecule has 3 rings (SSSR count). The molecule has 0 saturated heterocycles. The second kappa shape index (κ2) is 5.53. The van der Waals surface area contributed by atoms with E-state index in [2.05, 4.69) is 36.3 Å². The van der Waals surface area contributed by atoms with Crippen LogP contribution in [0.2, 0.25) is 0 Å². The first-order valence-corrected chi connectivity index (χ1v) is 7.56. The summed E-state index contributed by atoms with van der Waals surface area (Å²) in [5.74, 6) is 1.92. The van der Waals surface area contributed by atoms with Crippen LogP contribution in [0, 0.1) is 5.92 Å². The maximum absolute atomic E-state index is 12.4. The lowest BCUT2D eigenvalue weighted by Gasteiger charge is -2.16. The Labute approximate surface area is 128 Å². The summed E-state index contributed by atoms with van der Waals surface area (Å²) in [6, 6.07) is 7.95. The average Bonchev–Trinajstić information content (AvgIpc) is 2.94. The van der Waals surface area contributed by atoms with Gasteiger partial charge in [0.2, 0.25) is 5.78 Å². The van der Waals surface area contributed by atoms with Crippen LogP contribution in [0.4, 0.5) is 0 Å². The van der Waals surface area contributed by atoms with E-state index in [4.69, 9.17) is 0 Å². The molecule has 0 fully saturated rings. The molecule has 22 heavy (non-hydrogen) atoms. The molecule has 0 aliphatic carbocycles. The molecule has 1 aromatic carbocycles. The van der Waals surface area contributed by atoms with Crippen molar-refractivity contribution in [2.75, 3.05) is 0 Å². The summed E-state index contributed by atoms with van der Waals surface area (Å²) in [4.78, 5) is 12.4. The van der Waals surface area contributed by atoms with Gasteiger partial charge in [-0.25, -0.2) is 0 Å². The van der Waals surface area contributed by atoms with Crippen molar-refractivity contribution in [3.05, 3.63) is 40.4 Å². The number of nitrogens with zero attached hydrogens (tertiary/aromatic N) is 4. The number of aryl methyl sites for hydroxylation is 1. The summed E-state index contributed by atoms with van der Waals surface area (Å²) in [7, 11) is 1.73. The van der Waals surface area contributed by atoms with Crippen LogP contribution in [0.25, 0.3) is 16.7 Å². The van der Waals surface area contributed by atoms with Crippen LogP contribution >= 0.6 is 0 Å². The number of benzene rings is 1. The van der Waals surface area contributed by atoms with Gasteiger partial charge in [-0.15, -0.1) is 10.2 Å². The molecule has 6 nitrogen and oxygen atoms in total. The number of hydrogen-bond acceptors (Lipinski definition) is 4. The van der Waals surface area contributed by atoms with Crippen molar-refractivity contribution < 1.29 is 0 Å². The summed E-state index contributed by atoms with van der Waals surface area (Å²) in [6.07, 6.45) is 0. The Bertz CT molecular complexity index is 877. The summed E-state index contributed by atoms with van der Waals surface area (Å²) < 4.78 is 3.50. The first-order chi connectivity index (χ1) is 10.5. The van der Waals surface area contributed by atoms with Crippen molar-refractivity contribution in [3.63, 3.8) is 0 Å². The molecular weight excluding hydrogens is 278 g/mol. The molecule has 2 heterocycles. The van der Waals surface area contributed by atoms with Gasteiger partial charge in [0.25, 0.3) is 5.56 Å². The summed E-state index contributed by atoms with van der Waals surface area (Å²) in [5, 5.41) is 12.6. The number of rotatable bonds is 4. The van der Waals surface area contributed by atoms with E-state index in [1.165, 1.54) is 0 Å². The molecule has 116 valence electrons. The van der Waals surface area contributed by atoms with Gasteiger partial charge in [-0.05, 0) is 25.0 Å². The van der Waals surface area contributed by atoms with E-state index in [1.807, 2.05) is 28.7 Å². The fraction of sp³-hybridized carbons (Fsp3) is 0.438. The van der Waals surface area contributed by atoms with Gasteiger partial charge in [0.1, 0.15) is 0 Å². The third-order valence-corrected chi connectivity index (χ3v) is 4.28. The third kappa shape index (κ3) is 2.29. The molecule has 0 radical (unpaired) electrons. The lowest BCUT2D eigenvalue weighted by Crippen LogP contribution is -2.31. The van der Waals surface area contributed by atoms with E-state index >= 15 is 0 Å². The van der Waals surface area contributed by atoms with E-state index in [0.717, 1.165) is 11.3 Å². The van der Waals surface area contributed by atoms with Gasteiger partial charge in [-0.3, -0.25) is 13.8 Å². The number of hydrogen-bond donors (Lipinski definition) is 1. The summed E-state index contributed by atoms with van der Waals surface area (Å²) in [5.41, 5.74) is 0.796. The molecule has 2 aromatic heterocycles. The van der Waals surface area contributed by atoms with E-state index in [9.17, 15) is 4.79 Å². The fourth-order valence-corrected chi connectivity index (χ4v) is 2.49. The van der Waals surface area contributed by atoms with Crippen LogP contribution in [0.15, 0.2) is 29.1 Å². The van der Waals surface area contributed by atoms with Gasteiger partial charge in [0.05, 0.1) is 17.4 Å². The topological polar surface area (TPSA) is 64.2 Å². The SMILES string of the molecule is CC(C)C(C)NCc1nnc2n(C)c(=O)c3ccccc3n12.